The molecule has 0 saturated carbocycles. The summed E-state index contributed by atoms with van der Waals surface area (Å²) in [5.41, 5.74) is 2.54. The van der Waals surface area contributed by atoms with Crippen LogP contribution in [0, 0.1) is 11.8 Å². The van der Waals surface area contributed by atoms with Crippen molar-refractivity contribution in [1.82, 2.24) is 0 Å². The normalized spacial score (nSPS) is 9.92. The van der Waals surface area contributed by atoms with E-state index in [1.54, 1.807) is 37.5 Å². The minimum atomic E-state index is -0.311. The third-order valence-corrected chi connectivity index (χ3v) is 4.76. The Morgan fingerprint density at radius 3 is 2.35 bits per heavy atom. The van der Waals surface area contributed by atoms with Crippen molar-refractivity contribution in [2.24, 2.45) is 0 Å². The number of rotatable bonds is 4. The largest absolute Gasteiger partial charge is 0.497 e. The molecule has 130 valence electrons. The Labute approximate surface area is 157 Å². The Morgan fingerprint density at radius 2 is 1.69 bits per heavy atom. The lowest BCUT2D eigenvalue weighted by molar-refractivity contribution is 0.0526. The van der Waals surface area contributed by atoms with Gasteiger partial charge >= 0.3 is 5.97 Å². The quantitative estimate of drug-likeness (QED) is 0.484. The second-order valence-corrected chi connectivity index (χ2v) is 6.52. The highest BCUT2D eigenvalue weighted by molar-refractivity contribution is 7.16. The Balaban J connectivity index is 1.72. The van der Waals surface area contributed by atoms with Crippen molar-refractivity contribution in [1.29, 1.82) is 0 Å². The van der Waals surface area contributed by atoms with Gasteiger partial charge in [0.25, 0.3) is 0 Å². The highest BCUT2D eigenvalue weighted by Gasteiger charge is 2.05. The summed E-state index contributed by atoms with van der Waals surface area (Å²) in [5.74, 6) is 6.84. The van der Waals surface area contributed by atoms with Gasteiger partial charge in [0.1, 0.15) is 5.75 Å². The molecule has 4 heteroatoms. The molecule has 0 unspecified atom stereocenters. The van der Waals surface area contributed by atoms with Crippen molar-refractivity contribution < 1.29 is 14.3 Å². The first-order valence-corrected chi connectivity index (χ1v) is 9.04. The molecule has 0 N–H and O–H groups in total. The maximum atomic E-state index is 11.6. The Morgan fingerprint density at radius 1 is 0.962 bits per heavy atom. The van der Waals surface area contributed by atoms with Gasteiger partial charge in [-0.15, -0.1) is 11.3 Å². The topological polar surface area (TPSA) is 35.5 Å². The van der Waals surface area contributed by atoms with Gasteiger partial charge in [-0.25, -0.2) is 4.79 Å². The number of hydrogen-bond acceptors (Lipinski definition) is 4. The van der Waals surface area contributed by atoms with Crippen LogP contribution in [0.4, 0.5) is 0 Å². The van der Waals surface area contributed by atoms with Gasteiger partial charge in [0.05, 0.1) is 24.2 Å². The monoisotopic (exact) mass is 362 g/mol. The van der Waals surface area contributed by atoms with Crippen LogP contribution < -0.4 is 4.74 Å². The molecule has 2 aromatic carbocycles. The molecule has 0 aliphatic heterocycles. The van der Waals surface area contributed by atoms with Crippen LogP contribution in [0.15, 0.2) is 60.7 Å². The van der Waals surface area contributed by atoms with Gasteiger partial charge in [-0.2, -0.15) is 0 Å². The smallest absolute Gasteiger partial charge is 0.338 e. The van der Waals surface area contributed by atoms with E-state index in [4.69, 9.17) is 9.47 Å². The number of thiophene rings is 1. The zero-order valence-corrected chi connectivity index (χ0v) is 15.4. The molecule has 0 bridgehead atoms. The molecular weight excluding hydrogens is 344 g/mol. The zero-order valence-electron chi connectivity index (χ0n) is 14.6. The second-order valence-electron chi connectivity index (χ2n) is 5.44. The van der Waals surface area contributed by atoms with Crippen LogP contribution in [0.3, 0.4) is 0 Å². The first kappa shape index (κ1) is 17.8. The van der Waals surface area contributed by atoms with Crippen molar-refractivity contribution in [3.63, 3.8) is 0 Å². The highest BCUT2D eigenvalue weighted by Crippen LogP contribution is 2.29. The molecule has 0 spiro atoms. The van der Waals surface area contributed by atoms with E-state index in [1.165, 1.54) is 0 Å². The lowest BCUT2D eigenvalue weighted by Crippen LogP contribution is -2.04. The first-order valence-electron chi connectivity index (χ1n) is 8.23. The van der Waals surface area contributed by atoms with Gasteiger partial charge in [0.15, 0.2) is 0 Å². The fourth-order valence-corrected chi connectivity index (χ4v) is 3.22. The minimum absolute atomic E-state index is 0.311. The van der Waals surface area contributed by atoms with Crippen LogP contribution in [0.25, 0.3) is 10.4 Å². The van der Waals surface area contributed by atoms with Crippen LogP contribution in [0.2, 0.25) is 0 Å². The van der Waals surface area contributed by atoms with Crippen LogP contribution in [-0.2, 0) is 4.74 Å². The first-order chi connectivity index (χ1) is 12.7. The summed E-state index contributed by atoms with van der Waals surface area (Å²) < 4.78 is 10.2. The predicted molar refractivity (Wildman–Crippen MR) is 105 cm³/mol. The molecule has 3 rings (SSSR count). The number of benzene rings is 2. The van der Waals surface area contributed by atoms with Gasteiger partial charge in [-0.1, -0.05) is 11.8 Å². The van der Waals surface area contributed by atoms with Crippen molar-refractivity contribution >= 4 is 17.3 Å². The van der Waals surface area contributed by atoms with Gasteiger partial charge < -0.3 is 9.47 Å². The summed E-state index contributed by atoms with van der Waals surface area (Å²) in [5, 5.41) is 0. The third-order valence-electron chi connectivity index (χ3n) is 3.71. The SMILES string of the molecule is CCOC(=O)c1ccc(C#Cc2ccc(-c3ccc(OC)cc3)s2)cc1. The molecule has 0 aliphatic carbocycles. The number of esters is 1. The van der Waals surface area contributed by atoms with E-state index in [2.05, 4.69) is 17.9 Å². The summed E-state index contributed by atoms with van der Waals surface area (Å²) in [6.45, 7) is 2.16. The van der Waals surface area contributed by atoms with Crippen LogP contribution >= 0.6 is 11.3 Å². The van der Waals surface area contributed by atoms with E-state index in [0.29, 0.717) is 12.2 Å². The maximum Gasteiger partial charge on any atom is 0.338 e. The van der Waals surface area contributed by atoms with Crippen molar-refractivity contribution in [3.8, 4) is 28.0 Å². The van der Waals surface area contributed by atoms with E-state index in [0.717, 1.165) is 26.6 Å². The van der Waals surface area contributed by atoms with Crippen LogP contribution in [0.5, 0.6) is 5.75 Å². The molecule has 0 radical (unpaired) electrons. The molecule has 0 saturated heterocycles. The average Bonchev–Trinajstić information content (AvgIpc) is 3.16. The lowest BCUT2D eigenvalue weighted by atomic mass is 10.1. The number of hydrogen-bond donors (Lipinski definition) is 0. The van der Waals surface area contributed by atoms with E-state index in [9.17, 15) is 4.79 Å². The summed E-state index contributed by atoms with van der Waals surface area (Å²) in [4.78, 5) is 13.8. The van der Waals surface area contributed by atoms with Gasteiger partial charge in [-0.3, -0.25) is 0 Å². The third kappa shape index (κ3) is 4.33. The molecule has 0 aliphatic rings. The molecule has 1 aromatic heterocycles. The fraction of sp³-hybridized carbons (Fsp3) is 0.136. The van der Waals surface area contributed by atoms with Gasteiger partial charge in [0.2, 0.25) is 0 Å². The molecule has 0 atom stereocenters. The Kier molecular flexibility index (Phi) is 5.73. The van der Waals surface area contributed by atoms with E-state index >= 15 is 0 Å². The second kappa shape index (κ2) is 8.37. The van der Waals surface area contributed by atoms with Gasteiger partial charge in [-0.05, 0) is 73.2 Å². The molecule has 0 amide bonds. The maximum absolute atomic E-state index is 11.6. The number of carbonyl (C=O) groups is 1. The van der Waals surface area contributed by atoms with E-state index in [-0.39, 0.29) is 5.97 Å². The summed E-state index contributed by atoms with van der Waals surface area (Å²) in [6, 6.07) is 19.2. The van der Waals surface area contributed by atoms with Crippen molar-refractivity contribution in [2.75, 3.05) is 13.7 Å². The zero-order chi connectivity index (χ0) is 18.4. The molecule has 0 fully saturated rings. The van der Waals surface area contributed by atoms with Crippen LogP contribution in [0.1, 0.15) is 27.7 Å². The number of methoxy groups -OCH3 is 1. The Bertz CT molecular complexity index is 942. The Hall–Kier alpha value is -3.03. The molecule has 26 heavy (non-hydrogen) atoms. The molecule has 3 nitrogen and oxygen atoms in total. The van der Waals surface area contributed by atoms with E-state index in [1.807, 2.05) is 42.5 Å². The molecular formula is C22H18O3S. The number of carbonyl (C=O) groups excluding carboxylic acids is 1. The van der Waals surface area contributed by atoms with E-state index < -0.39 is 0 Å². The summed E-state index contributed by atoms with van der Waals surface area (Å²) >= 11 is 1.64. The standard InChI is InChI=1S/C22H18O3S/c1-3-25-22(23)18-7-4-16(5-8-18)6-13-20-14-15-21(26-20)17-9-11-19(24-2)12-10-17/h4-5,7-12,14-15H,3H2,1-2H3. The van der Waals surface area contributed by atoms with Crippen LogP contribution in [-0.4, -0.2) is 19.7 Å². The summed E-state index contributed by atoms with van der Waals surface area (Å²) in [7, 11) is 1.66. The fourth-order valence-electron chi connectivity index (χ4n) is 2.35. The average molecular weight is 362 g/mol. The minimum Gasteiger partial charge on any atom is -0.497 e. The van der Waals surface area contributed by atoms with Crippen molar-refractivity contribution in [3.05, 3.63) is 76.7 Å². The molecule has 1 heterocycles. The highest BCUT2D eigenvalue weighted by atomic mass is 32.1. The number of ether oxygens (including phenoxy) is 2. The summed E-state index contributed by atoms with van der Waals surface area (Å²) in [6.07, 6.45) is 0. The van der Waals surface area contributed by atoms with Gasteiger partial charge in [0, 0.05) is 10.4 Å². The molecule has 3 aromatic rings. The van der Waals surface area contributed by atoms with Crippen molar-refractivity contribution in [2.45, 2.75) is 6.92 Å². The predicted octanol–water partition coefficient (Wildman–Crippen LogP) is 5.00. The lowest BCUT2D eigenvalue weighted by Gasteiger charge is -2.00.